The number of aromatic amines is 1. The summed E-state index contributed by atoms with van der Waals surface area (Å²) in [6.45, 7) is 3.31. The standard InChI is InChI=1S/C21H24F3N7O/c1-12-7-14(4-6-31(12)11-13-8-28-20(29-9-13)21(22,23)24)30-17-15-3-5-26-18(15)27-10-16(17)19(32)25-2/h3,5,8-10,12,14H,4,6-7,11H2,1-2H3,(H,25,32)(H2,26,27,30)/t12-,14-/m0/s1. The van der Waals surface area contributed by atoms with E-state index in [1.807, 2.05) is 6.07 Å². The number of alkyl halides is 3. The van der Waals surface area contributed by atoms with Crippen molar-refractivity contribution >= 4 is 22.6 Å². The molecule has 8 nitrogen and oxygen atoms in total. The van der Waals surface area contributed by atoms with E-state index in [0.29, 0.717) is 23.3 Å². The lowest BCUT2D eigenvalue weighted by Crippen LogP contribution is -2.44. The summed E-state index contributed by atoms with van der Waals surface area (Å²) in [6, 6.07) is 2.20. The molecular weight excluding hydrogens is 423 g/mol. The normalized spacial score (nSPS) is 19.8. The highest BCUT2D eigenvalue weighted by atomic mass is 19.4. The second kappa shape index (κ2) is 8.73. The highest BCUT2D eigenvalue weighted by molar-refractivity contribution is 6.06. The van der Waals surface area contributed by atoms with Crippen LogP contribution in [-0.2, 0) is 12.7 Å². The molecule has 3 aromatic heterocycles. The third-order valence-electron chi connectivity index (χ3n) is 5.77. The lowest BCUT2D eigenvalue weighted by Gasteiger charge is -2.38. The number of anilines is 1. The summed E-state index contributed by atoms with van der Waals surface area (Å²) in [5, 5.41) is 7.04. The van der Waals surface area contributed by atoms with Crippen molar-refractivity contribution in [3.05, 3.63) is 47.8 Å². The summed E-state index contributed by atoms with van der Waals surface area (Å²) in [6.07, 6.45) is 2.90. The molecule has 1 amide bonds. The van der Waals surface area contributed by atoms with E-state index in [0.717, 1.165) is 30.5 Å². The molecule has 4 rings (SSSR count). The minimum atomic E-state index is -4.54. The Bertz CT molecular complexity index is 1100. The van der Waals surface area contributed by atoms with E-state index < -0.39 is 12.0 Å². The van der Waals surface area contributed by atoms with Gasteiger partial charge in [0.15, 0.2) is 0 Å². The van der Waals surface area contributed by atoms with Crippen LogP contribution in [0.2, 0.25) is 0 Å². The number of hydrogen-bond donors (Lipinski definition) is 3. The number of likely N-dealkylation sites (tertiary alicyclic amines) is 1. The molecule has 4 heterocycles. The number of nitrogens with zero attached hydrogens (tertiary/aromatic N) is 4. The number of pyridine rings is 1. The van der Waals surface area contributed by atoms with Crippen LogP contribution in [0.3, 0.4) is 0 Å². The number of carbonyl (C=O) groups is 1. The molecule has 0 bridgehead atoms. The summed E-state index contributed by atoms with van der Waals surface area (Å²) >= 11 is 0. The van der Waals surface area contributed by atoms with Crippen molar-refractivity contribution in [2.75, 3.05) is 18.9 Å². The zero-order valence-electron chi connectivity index (χ0n) is 17.7. The largest absolute Gasteiger partial charge is 0.451 e. The lowest BCUT2D eigenvalue weighted by molar-refractivity contribution is -0.145. The van der Waals surface area contributed by atoms with Crippen LogP contribution in [0.1, 0.15) is 41.5 Å². The van der Waals surface area contributed by atoms with Crippen LogP contribution in [0.25, 0.3) is 11.0 Å². The zero-order valence-corrected chi connectivity index (χ0v) is 17.7. The molecule has 11 heteroatoms. The minimum Gasteiger partial charge on any atom is -0.381 e. The van der Waals surface area contributed by atoms with Crippen LogP contribution in [-0.4, -0.2) is 56.4 Å². The molecule has 0 unspecified atom stereocenters. The number of hydrogen-bond acceptors (Lipinski definition) is 6. The van der Waals surface area contributed by atoms with Crippen molar-refractivity contribution in [1.82, 2.24) is 30.2 Å². The van der Waals surface area contributed by atoms with Gasteiger partial charge in [-0.25, -0.2) is 15.0 Å². The Balaban J connectivity index is 1.44. The molecule has 170 valence electrons. The molecule has 0 radical (unpaired) electrons. The Morgan fingerprint density at radius 2 is 2.00 bits per heavy atom. The third-order valence-corrected chi connectivity index (χ3v) is 5.77. The SMILES string of the molecule is CNC(=O)c1cnc2[nH]ccc2c1N[C@H]1CCN(Cc2cnc(C(F)(F)F)nc2)[C@@H](C)C1. The monoisotopic (exact) mass is 447 g/mol. The fraction of sp³-hybridized carbons (Fsp3) is 0.429. The number of nitrogens with one attached hydrogen (secondary N) is 3. The number of rotatable bonds is 5. The maximum absolute atomic E-state index is 12.7. The van der Waals surface area contributed by atoms with Crippen LogP contribution in [0.15, 0.2) is 30.9 Å². The number of fused-ring (bicyclic) bond motifs is 1. The Labute approximate surface area is 182 Å². The summed E-state index contributed by atoms with van der Waals surface area (Å²) in [7, 11) is 1.58. The van der Waals surface area contributed by atoms with Gasteiger partial charge in [0.05, 0.1) is 11.3 Å². The highest BCUT2D eigenvalue weighted by Crippen LogP contribution is 2.30. The first-order valence-electron chi connectivity index (χ1n) is 10.3. The summed E-state index contributed by atoms with van der Waals surface area (Å²) in [5.41, 5.74) is 2.57. The van der Waals surface area contributed by atoms with Gasteiger partial charge < -0.3 is 15.6 Å². The van der Waals surface area contributed by atoms with E-state index in [-0.39, 0.29) is 18.0 Å². The Morgan fingerprint density at radius 3 is 2.66 bits per heavy atom. The maximum Gasteiger partial charge on any atom is 0.451 e. The van der Waals surface area contributed by atoms with Crippen molar-refractivity contribution in [2.24, 2.45) is 0 Å². The molecule has 0 spiro atoms. The summed E-state index contributed by atoms with van der Waals surface area (Å²) in [5.74, 6) is -1.34. The van der Waals surface area contributed by atoms with Gasteiger partial charge in [-0.2, -0.15) is 13.2 Å². The first kappa shape index (κ1) is 22.0. The van der Waals surface area contributed by atoms with E-state index in [4.69, 9.17) is 0 Å². The number of amides is 1. The van der Waals surface area contributed by atoms with Gasteiger partial charge in [0.2, 0.25) is 5.82 Å². The molecule has 32 heavy (non-hydrogen) atoms. The van der Waals surface area contributed by atoms with Gasteiger partial charge >= 0.3 is 6.18 Å². The van der Waals surface area contributed by atoms with Crippen molar-refractivity contribution in [3.63, 3.8) is 0 Å². The molecule has 3 N–H and O–H groups in total. The first-order chi connectivity index (χ1) is 15.3. The Hall–Kier alpha value is -3.21. The number of piperidine rings is 1. The average Bonchev–Trinajstić information content (AvgIpc) is 3.24. The summed E-state index contributed by atoms with van der Waals surface area (Å²) < 4.78 is 38.0. The van der Waals surface area contributed by atoms with Gasteiger partial charge in [0.1, 0.15) is 5.65 Å². The molecule has 1 saturated heterocycles. The van der Waals surface area contributed by atoms with E-state index in [1.54, 1.807) is 19.4 Å². The predicted octanol–water partition coefficient (Wildman–Crippen LogP) is 3.20. The molecule has 0 saturated carbocycles. The topological polar surface area (TPSA) is 98.8 Å². The molecule has 2 atom stereocenters. The molecule has 1 aliphatic heterocycles. The minimum absolute atomic E-state index is 0.133. The quantitative estimate of drug-likeness (QED) is 0.556. The van der Waals surface area contributed by atoms with E-state index in [1.165, 1.54) is 12.4 Å². The number of halogens is 3. The molecule has 0 aliphatic carbocycles. The molecule has 0 aromatic carbocycles. The molecule has 1 aliphatic rings. The second-order valence-corrected chi connectivity index (χ2v) is 7.96. The van der Waals surface area contributed by atoms with Crippen molar-refractivity contribution < 1.29 is 18.0 Å². The van der Waals surface area contributed by atoms with Crippen LogP contribution in [0, 0.1) is 0 Å². The number of carbonyl (C=O) groups excluding carboxylic acids is 1. The van der Waals surface area contributed by atoms with Crippen LogP contribution < -0.4 is 10.6 Å². The van der Waals surface area contributed by atoms with Gasteiger partial charge in [-0.15, -0.1) is 0 Å². The van der Waals surface area contributed by atoms with Crippen LogP contribution in [0.4, 0.5) is 18.9 Å². The third kappa shape index (κ3) is 4.52. The average molecular weight is 447 g/mol. The smallest absolute Gasteiger partial charge is 0.381 e. The van der Waals surface area contributed by atoms with Crippen LogP contribution >= 0.6 is 0 Å². The van der Waals surface area contributed by atoms with Crippen molar-refractivity contribution in [3.8, 4) is 0 Å². The molecule has 1 fully saturated rings. The van der Waals surface area contributed by atoms with Gasteiger partial charge in [-0.1, -0.05) is 0 Å². The van der Waals surface area contributed by atoms with Gasteiger partial charge in [0.25, 0.3) is 5.91 Å². The number of H-pyrrole nitrogens is 1. The van der Waals surface area contributed by atoms with Gasteiger partial charge in [-0.3, -0.25) is 9.69 Å². The fourth-order valence-corrected chi connectivity index (χ4v) is 4.08. The Morgan fingerprint density at radius 1 is 1.25 bits per heavy atom. The second-order valence-electron chi connectivity index (χ2n) is 7.96. The lowest BCUT2D eigenvalue weighted by atomic mass is 9.97. The predicted molar refractivity (Wildman–Crippen MR) is 113 cm³/mol. The van der Waals surface area contributed by atoms with E-state index in [9.17, 15) is 18.0 Å². The maximum atomic E-state index is 12.7. The fourth-order valence-electron chi connectivity index (χ4n) is 4.08. The van der Waals surface area contributed by atoms with Crippen molar-refractivity contribution in [1.29, 1.82) is 0 Å². The van der Waals surface area contributed by atoms with E-state index in [2.05, 4.69) is 42.4 Å². The highest BCUT2D eigenvalue weighted by Gasteiger charge is 2.34. The van der Waals surface area contributed by atoms with Crippen molar-refractivity contribution in [2.45, 2.75) is 44.6 Å². The zero-order chi connectivity index (χ0) is 22.9. The van der Waals surface area contributed by atoms with Gasteiger partial charge in [-0.05, 0) is 25.8 Å². The van der Waals surface area contributed by atoms with E-state index >= 15 is 0 Å². The summed E-state index contributed by atoms with van der Waals surface area (Å²) in [4.78, 5) is 28.8. The van der Waals surface area contributed by atoms with Crippen LogP contribution in [0.5, 0.6) is 0 Å². The molecular formula is C21H24F3N7O. The number of aromatic nitrogens is 4. The molecule has 3 aromatic rings. The first-order valence-corrected chi connectivity index (χ1v) is 10.3. The Kier molecular flexibility index (Phi) is 6.00. The van der Waals surface area contributed by atoms with Gasteiger partial charge in [0, 0.05) is 68.0 Å².